The van der Waals surface area contributed by atoms with Crippen LogP contribution < -0.4 is 15.7 Å². The van der Waals surface area contributed by atoms with Gasteiger partial charge in [-0.1, -0.05) is 17.4 Å². The van der Waals surface area contributed by atoms with Gasteiger partial charge >= 0.3 is 11.7 Å². The van der Waals surface area contributed by atoms with Crippen molar-refractivity contribution in [3.63, 3.8) is 0 Å². The van der Waals surface area contributed by atoms with E-state index in [-0.39, 0.29) is 28.7 Å². The number of ether oxygens (including phenoxy) is 2. The fourth-order valence-electron chi connectivity index (χ4n) is 3.00. The number of unbranched alkanes of at least 4 members (excludes halogenated alkanes) is 1. The third-order valence-electron chi connectivity index (χ3n) is 4.73. The van der Waals surface area contributed by atoms with Crippen molar-refractivity contribution >= 4 is 29.3 Å². The lowest BCUT2D eigenvalue weighted by Gasteiger charge is -2.05. The van der Waals surface area contributed by atoms with Gasteiger partial charge in [-0.25, -0.2) is 23.4 Å². The van der Waals surface area contributed by atoms with Crippen LogP contribution in [0.1, 0.15) is 44.9 Å². The fraction of sp³-hybridized carbons (Fsp3) is 0.200. The Balaban J connectivity index is 1.58. The average Bonchev–Trinajstić information content (AvgIpc) is 3.28. The molecular weight excluding hydrogens is 510 g/mol. The zero-order chi connectivity index (χ0) is 29.4. The number of nitrogens with one attached hydrogen (secondary N) is 1. The Morgan fingerprint density at radius 2 is 2.11 bits per heavy atom. The van der Waals surface area contributed by atoms with E-state index >= 15 is 0 Å². The second kappa shape index (κ2) is 12.6. The third-order valence-corrected chi connectivity index (χ3v) is 5.55. The van der Waals surface area contributed by atoms with Crippen LogP contribution in [0.15, 0.2) is 57.5 Å². The Morgan fingerprint density at radius 3 is 2.84 bits per heavy atom. The predicted molar refractivity (Wildman–Crippen MR) is 131 cm³/mol. The molecule has 0 bridgehead atoms. The van der Waals surface area contributed by atoms with Crippen molar-refractivity contribution in [2.24, 2.45) is 0 Å². The summed E-state index contributed by atoms with van der Waals surface area (Å²) in [7, 11) is -2.85. The second-order valence-electron chi connectivity index (χ2n) is 7.45. The number of hydrogen-bond donors (Lipinski definition) is 2. The highest BCUT2D eigenvalue weighted by Gasteiger charge is 2.21. The van der Waals surface area contributed by atoms with Gasteiger partial charge in [0, 0.05) is 31.0 Å². The lowest BCUT2D eigenvalue weighted by Crippen LogP contribution is -2.16. The van der Waals surface area contributed by atoms with Gasteiger partial charge in [0.25, 0.3) is 5.19 Å². The molecule has 0 aliphatic carbocycles. The summed E-state index contributed by atoms with van der Waals surface area (Å²) in [5.41, 5.74) is -1.48. The highest BCUT2D eigenvalue weighted by atomic mass is 32.1. The number of aromatic hydroxyl groups is 1. The van der Waals surface area contributed by atoms with Gasteiger partial charge in [0.05, 0.1) is 16.0 Å². The molecule has 0 spiro atoms. The molecule has 0 fully saturated rings. The van der Waals surface area contributed by atoms with Gasteiger partial charge in [-0.2, -0.15) is 0 Å². The van der Waals surface area contributed by atoms with Crippen LogP contribution in [0.5, 0.6) is 16.7 Å². The number of Topliss-reactive ketones (excluding diaryl/α,β-unsaturated/α-hetero) is 1. The minimum absolute atomic E-state index is 0.0302. The molecular formula is C25H22F2N2O7S. The summed E-state index contributed by atoms with van der Waals surface area (Å²) >= 11 is 1.01. The van der Waals surface area contributed by atoms with Gasteiger partial charge < -0.3 is 19.0 Å². The maximum Gasteiger partial charge on any atom is 0.410 e. The number of carbonyl (C=O) groups is 2. The molecule has 0 unspecified atom stereocenters. The highest BCUT2D eigenvalue weighted by Crippen LogP contribution is 2.29. The predicted octanol–water partition coefficient (Wildman–Crippen LogP) is 5.35. The molecule has 0 saturated carbocycles. The van der Waals surface area contributed by atoms with E-state index in [9.17, 15) is 28.3 Å². The maximum absolute atomic E-state index is 13.4. The summed E-state index contributed by atoms with van der Waals surface area (Å²) in [5, 5.41) is 12.6. The van der Waals surface area contributed by atoms with Crippen molar-refractivity contribution in [2.75, 3.05) is 7.04 Å². The van der Waals surface area contributed by atoms with Gasteiger partial charge in [-0.3, -0.25) is 10.1 Å². The molecule has 0 atom stereocenters. The molecule has 37 heavy (non-hydrogen) atoms. The maximum atomic E-state index is 13.4. The summed E-state index contributed by atoms with van der Waals surface area (Å²) in [4.78, 5) is 41.0. The lowest BCUT2D eigenvalue weighted by atomic mass is 10.0. The van der Waals surface area contributed by atoms with E-state index in [1.165, 1.54) is 37.5 Å². The molecule has 1 amide bonds. The number of hydrogen-bond acceptors (Lipinski definition) is 9. The van der Waals surface area contributed by atoms with E-state index in [0.717, 1.165) is 29.5 Å². The van der Waals surface area contributed by atoms with Crippen molar-refractivity contribution in [1.29, 1.82) is 0 Å². The van der Waals surface area contributed by atoms with Gasteiger partial charge in [0.15, 0.2) is 17.4 Å². The second-order valence-corrected chi connectivity index (χ2v) is 8.48. The third kappa shape index (κ3) is 7.58. The topological polar surface area (TPSA) is 128 Å². The van der Waals surface area contributed by atoms with E-state index in [0.29, 0.717) is 17.7 Å². The van der Waals surface area contributed by atoms with Crippen molar-refractivity contribution in [3.05, 3.63) is 86.6 Å². The summed E-state index contributed by atoms with van der Waals surface area (Å²) in [5.74, 6) is -3.27. The number of benzene rings is 1. The largest absolute Gasteiger partial charge is 0.507 e. The number of aryl methyl sites for hydroxylation is 1. The Hall–Kier alpha value is -4.32. The Morgan fingerprint density at radius 1 is 1.30 bits per heavy atom. The van der Waals surface area contributed by atoms with Crippen molar-refractivity contribution < 1.29 is 41.5 Å². The molecule has 3 rings (SSSR count). The molecule has 12 heteroatoms. The summed E-state index contributed by atoms with van der Waals surface area (Å²) in [6.45, 7) is 1.43. The molecule has 2 aromatic heterocycles. The minimum atomic E-state index is -2.85. The molecule has 2 heterocycles. The summed E-state index contributed by atoms with van der Waals surface area (Å²) in [6.07, 6.45) is 5.44. The number of amides is 1. The number of alkyl carbamates (subject to hydrolysis) is 1. The van der Waals surface area contributed by atoms with Crippen LogP contribution in [-0.2, 0) is 11.2 Å². The first-order valence-corrected chi connectivity index (χ1v) is 11.5. The van der Waals surface area contributed by atoms with Crippen LogP contribution in [-0.4, -0.2) is 29.0 Å². The van der Waals surface area contributed by atoms with Crippen LogP contribution >= 0.6 is 11.3 Å². The number of carbonyl (C=O) groups excluding carboxylic acids is 2. The van der Waals surface area contributed by atoms with Gasteiger partial charge in [-0.05, 0) is 43.5 Å². The van der Waals surface area contributed by atoms with Gasteiger partial charge in [0.2, 0.25) is 0 Å². The molecule has 3 aromatic rings. The number of allylic oxidation sites excluding steroid dienone is 2. The van der Waals surface area contributed by atoms with Crippen LogP contribution in [0, 0.1) is 11.6 Å². The SMILES string of the molecule is [2H]C([2H])([2H])OC(=O)N/C=C/CCCc1cc(O)c(C(=O)/C(C)=C/c2cnc(Oc3ccc(F)c(F)c3)s2)c(=O)o1. The molecule has 194 valence electrons. The highest BCUT2D eigenvalue weighted by molar-refractivity contribution is 7.14. The molecule has 1 aromatic carbocycles. The van der Waals surface area contributed by atoms with Crippen LogP contribution in [0.3, 0.4) is 0 Å². The van der Waals surface area contributed by atoms with Crippen molar-refractivity contribution in [1.82, 2.24) is 10.3 Å². The first kappa shape index (κ1) is 23.1. The Bertz CT molecular complexity index is 1520. The van der Waals surface area contributed by atoms with Gasteiger partial charge in [-0.15, -0.1) is 0 Å². The molecule has 2 N–H and O–H groups in total. The standard InChI is InChI=1S/C25H22F2N2O7S/c1-14(10-17-13-29-25(37-17)36-16-7-8-18(26)19(27)11-16)22(31)21-20(30)12-15(35-23(21)32)6-4-3-5-9-28-24(33)34-2/h5,7-13,30H,3-4,6H2,1-2H3,(H,28,33)/b9-5+,14-10+/i2D3. The Labute approximate surface area is 217 Å². The van der Waals surface area contributed by atoms with E-state index in [1.807, 2.05) is 0 Å². The van der Waals surface area contributed by atoms with Crippen LogP contribution in [0.4, 0.5) is 13.6 Å². The minimum Gasteiger partial charge on any atom is -0.507 e. The molecule has 0 aliphatic heterocycles. The number of thiazole rings is 1. The monoisotopic (exact) mass is 535 g/mol. The Kier molecular flexibility index (Phi) is 7.86. The number of halogens is 2. The molecule has 9 nitrogen and oxygen atoms in total. The zero-order valence-electron chi connectivity index (χ0n) is 22.2. The number of rotatable bonds is 10. The van der Waals surface area contributed by atoms with E-state index in [4.69, 9.17) is 13.3 Å². The number of methoxy groups -OCH3 is 1. The molecule has 0 radical (unpaired) electrons. The van der Waals surface area contributed by atoms with E-state index in [2.05, 4.69) is 15.0 Å². The summed E-state index contributed by atoms with van der Waals surface area (Å²) in [6, 6.07) is 4.17. The molecule has 0 aliphatic rings. The van der Waals surface area contributed by atoms with E-state index in [1.54, 1.807) is 0 Å². The van der Waals surface area contributed by atoms with Crippen LogP contribution in [0.2, 0.25) is 0 Å². The quantitative estimate of drug-likeness (QED) is 0.202. The van der Waals surface area contributed by atoms with E-state index < -0.39 is 47.5 Å². The fourth-order valence-corrected chi connectivity index (χ4v) is 3.78. The number of ketones is 1. The van der Waals surface area contributed by atoms with Crippen LogP contribution in [0.25, 0.3) is 6.08 Å². The number of nitrogens with zero attached hydrogens (tertiary/aromatic N) is 1. The average molecular weight is 536 g/mol. The first-order chi connectivity index (χ1) is 18.8. The molecule has 0 saturated heterocycles. The zero-order valence-corrected chi connectivity index (χ0v) is 20.1. The summed E-state index contributed by atoms with van der Waals surface area (Å²) < 4.78 is 61.6. The normalized spacial score (nSPS) is 13.1. The first-order valence-electron chi connectivity index (χ1n) is 12.1. The van der Waals surface area contributed by atoms with Crippen molar-refractivity contribution in [3.8, 4) is 16.7 Å². The van der Waals surface area contributed by atoms with Gasteiger partial charge in [0.1, 0.15) is 22.8 Å². The lowest BCUT2D eigenvalue weighted by molar-refractivity contribution is 0.102. The smallest absolute Gasteiger partial charge is 0.410 e. The van der Waals surface area contributed by atoms with Crippen molar-refractivity contribution in [2.45, 2.75) is 26.2 Å². The number of aromatic nitrogens is 1.